The maximum Gasteiger partial charge on any atom is 0.245 e. The molecule has 2 saturated heterocycles. The van der Waals surface area contributed by atoms with Gasteiger partial charge in [-0.05, 0) is 37.0 Å². The predicted molar refractivity (Wildman–Crippen MR) is 128 cm³/mol. The number of carbonyl (C=O) groups is 3. The number of likely N-dealkylation sites (tertiary alicyclic amines) is 1. The summed E-state index contributed by atoms with van der Waals surface area (Å²) in [6, 6.07) is 7.70. The van der Waals surface area contributed by atoms with Crippen LogP contribution < -0.4 is 0 Å². The van der Waals surface area contributed by atoms with Gasteiger partial charge in [-0.3, -0.25) is 14.4 Å². The van der Waals surface area contributed by atoms with E-state index in [2.05, 4.69) is 10.1 Å². The molecule has 8 nitrogen and oxygen atoms in total. The quantitative estimate of drug-likeness (QED) is 0.452. The Morgan fingerprint density at radius 2 is 2.00 bits per heavy atom. The third-order valence-corrected chi connectivity index (χ3v) is 7.97. The van der Waals surface area contributed by atoms with Gasteiger partial charge in [0.05, 0.1) is 35.1 Å². The van der Waals surface area contributed by atoms with Crippen molar-refractivity contribution in [2.75, 3.05) is 13.2 Å². The molecule has 186 valence electrons. The molecule has 3 atom stereocenters. The van der Waals surface area contributed by atoms with Crippen LogP contribution >= 0.6 is 11.6 Å². The maximum atomic E-state index is 14.8. The lowest BCUT2D eigenvalue weighted by Crippen LogP contribution is -2.52. The van der Waals surface area contributed by atoms with Crippen LogP contribution in [0.1, 0.15) is 42.2 Å². The lowest BCUT2D eigenvalue weighted by Gasteiger charge is -2.42. The molecule has 1 aromatic carbocycles. The Morgan fingerprint density at radius 1 is 1.19 bits per heavy atom. The fraction of sp³-hybridized carbons (Fsp3) is 0.423. The molecular weight excluding hydrogens is 487 g/mol. The minimum absolute atomic E-state index is 0.00938. The highest BCUT2D eigenvalue weighted by atomic mass is 35.5. The number of hydrogen-bond donors (Lipinski definition) is 0. The highest BCUT2D eigenvalue weighted by molar-refractivity contribution is 6.30. The van der Waals surface area contributed by atoms with Crippen LogP contribution in [0.4, 0.5) is 4.39 Å². The van der Waals surface area contributed by atoms with E-state index in [1.165, 1.54) is 17.7 Å². The smallest absolute Gasteiger partial charge is 0.245 e. The van der Waals surface area contributed by atoms with Crippen LogP contribution in [0.15, 0.2) is 36.5 Å². The van der Waals surface area contributed by atoms with E-state index in [1.54, 1.807) is 35.4 Å². The first-order valence-electron chi connectivity index (χ1n) is 12.0. The van der Waals surface area contributed by atoms with Gasteiger partial charge in [0, 0.05) is 31.1 Å². The van der Waals surface area contributed by atoms with Gasteiger partial charge in [-0.25, -0.2) is 14.1 Å². The number of piperidine rings is 1. The zero-order valence-corrected chi connectivity index (χ0v) is 20.4. The van der Waals surface area contributed by atoms with Crippen molar-refractivity contribution in [3.63, 3.8) is 0 Å². The number of rotatable bonds is 7. The van der Waals surface area contributed by atoms with Crippen LogP contribution in [0.5, 0.6) is 0 Å². The van der Waals surface area contributed by atoms with Crippen molar-refractivity contribution in [3.05, 3.63) is 58.6 Å². The Labute approximate surface area is 211 Å². The molecule has 0 unspecified atom stereocenters. The summed E-state index contributed by atoms with van der Waals surface area (Å²) in [6.07, 6.45) is 3.12. The fourth-order valence-corrected chi connectivity index (χ4v) is 5.93. The van der Waals surface area contributed by atoms with E-state index in [0.29, 0.717) is 28.9 Å². The normalized spacial score (nSPS) is 23.9. The number of halogens is 2. The van der Waals surface area contributed by atoms with E-state index < -0.39 is 17.3 Å². The Bertz CT molecular complexity index is 1420. The number of ether oxygens (including phenoxy) is 1. The van der Waals surface area contributed by atoms with Crippen LogP contribution in [0.3, 0.4) is 0 Å². The zero-order valence-electron chi connectivity index (χ0n) is 19.6. The summed E-state index contributed by atoms with van der Waals surface area (Å²) in [5.74, 6) is -0.795. The van der Waals surface area contributed by atoms with E-state index in [-0.39, 0.29) is 60.4 Å². The molecule has 1 amide bonds. The number of Topliss-reactive ketones (excluding diaryl/α,β-unsaturated/α-hetero) is 2. The molecule has 0 N–H and O–H groups in total. The number of amides is 1. The standard InChI is InChI=1S/C26H24ClFN4O4/c1-14(33)24-16-4-3-7-29-25(16)31(30-24)11-22(35)32-19-8-15(19)9-20(32)21(34)10-26(12-36-13-26)17-5-2-6-18(27)23(17)28/h2-7,15,19-20H,8-13H2,1H3/t15-,19-,20+/m1/s1. The van der Waals surface area contributed by atoms with Gasteiger partial charge >= 0.3 is 0 Å². The molecule has 0 bridgehead atoms. The summed E-state index contributed by atoms with van der Waals surface area (Å²) in [5.41, 5.74) is 0.306. The second kappa shape index (κ2) is 8.45. The van der Waals surface area contributed by atoms with Crippen molar-refractivity contribution in [1.82, 2.24) is 19.7 Å². The van der Waals surface area contributed by atoms with E-state index >= 15 is 0 Å². The van der Waals surface area contributed by atoms with E-state index in [1.807, 2.05) is 0 Å². The molecular formula is C26H24ClFN4O4. The van der Waals surface area contributed by atoms with Crippen molar-refractivity contribution >= 4 is 40.1 Å². The van der Waals surface area contributed by atoms with Gasteiger partial charge in [0.25, 0.3) is 0 Å². The van der Waals surface area contributed by atoms with E-state index in [4.69, 9.17) is 16.3 Å². The summed E-state index contributed by atoms with van der Waals surface area (Å²) in [6.45, 7) is 1.75. The average Bonchev–Trinajstić information content (AvgIpc) is 3.33. The number of fused-ring (bicyclic) bond motifs is 2. The van der Waals surface area contributed by atoms with Crippen molar-refractivity contribution in [1.29, 1.82) is 0 Å². The van der Waals surface area contributed by atoms with Crippen LogP contribution in [-0.4, -0.2) is 62.4 Å². The second-order valence-electron chi connectivity index (χ2n) is 10.1. The summed E-state index contributed by atoms with van der Waals surface area (Å²) in [5, 5.41) is 4.95. The van der Waals surface area contributed by atoms with Gasteiger partial charge in [0.2, 0.25) is 5.91 Å². The molecule has 2 aliphatic heterocycles. The first kappa shape index (κ1) is 23.2. The summed E-state index contributed by atoms with van der Waals surface area (Å²) in [4.78, 5) is 45.1. The van der Waals surface area contributed by atoms with Crippen LogP contribution in [0.25, 0.3) is 11.0 Å². The third kappa shape index (κ3) is 3.64. The number of carbonyl (C=O) groups excluding carboxylic acids is 3. The van der Waals surface area contributed by atoms with Crippen molar-refractivity contribution in [2.45, 2.75) is 50.2 Å². The van der Waals surface area contributed by atoms with Crippen molar-refractivity contribution in [3.8, 4) is 0 Å². The van der Waals surface area contributed by atoms with Gasteiger partial charge in [-0.15, -0.1) is 0 Å². The summed E-state index contributed by atoms with van der Waals surface area (Å²) >= 11 is 6.01. The Hall–Kier alpha value is -3.17. The SMILES string of the molecule is CC(=O)c1nn(CC(=O)N2[C@@H]3C[C@@H]3C[C@H]2C(=O)CC2(c3cccc(Cl)c3F)COC2)c2ncccc12. The van der Waals surface area contributed by atoms with Crippen LogP contribution in [0, 0.1) is 11.7 Å². The molecule has 1 aliphatic carbocycles. The molecule has 0 spiro atoms. The van der Waals surface area contributed by atoms with E-state index in [9.17, 15) is 18.8 Å². The number of benzene rings is 1. The number of hydrogen-bond acceptors (Lipinski definition) is 6. The fourth-order valence-electron chi connectivity index (χ4n) is 5.76. The minimum Gasteiger partial charge on any atom is -0.379 e. The molecule has 3 aliphatic rings. The van der Waals surface area contributed by atoms with Crippen LogP contribution in [0.2, 0.25) is 5.02 Å². The third-order valence-electron chi connectivity index (χ3n) is 7.68. The van der Waals surface area contributed by atoms with Gasteiger partial charge in [-0.1, -0.05) is 23.7 Å². The number of nitrogens with zero attached hydrogens (tertiary/aromatic N) is 4. The Kier molecular flexibility index (Phi) is 5.46. The number of ketones is 2. The van der Waals surface area contributed by atoms with Crippen LogP contribution in [-0.2, 0) is 26.3 Å². The Balaban J connectivity index is 1.25. The first-order valence-corrected chi connectivity index (χ1v) is 12.4. The topological polar surface area (TPSA) is 94.4 Å². The van der Waals surface area contributed by atoms with Gasteiger partial charge in [0.1, 0.15) is 18.1 Å². The molecule has 10 heteroatoms. The van der Waals surface area contributed by atoms with Gasteiger partial charge in [-0.2, -0.15) is 5.10 Å². The minimum atomic E-state index is -0.786. The van der Waals surface area contributed by atoms with Gasteiger partial charge in [0.15, 0.2) is 17.2 Å². The molecule has 6 rings (SSSR count). The molecule has 3 fully saturated rings. The predicted octanol–water partition coefficient (Wildman–Crippen LogP) is 3.34. The highest BCUT2D eigenvalue weighted by Crippen LogP contribution is 2.49. The Morgan fingerprint density at radius 3 is 2.72 bits per heavy atom. The molecule has 0 radical (unpaired) electrons. The summed E-state index contributed by atoms with van der Waals surface area (Å²) in [7, 11) is 0. The highest BCUT2D eigenvalue weighted by Gasteiger charge is 2.57. The average molecular weight is 511 g/mol. The molecule has 4 heterocycles. The van der Waals surface area contributed by atoms with Gasteiger partial charge < -0.3 is 9.64 Å². The second-order valence-corrected chi connectivity index (χ2v) is 10.5. The lowest BCUT2D eigenvalue weighted by atomic mass is 9.73. The largest absolute Gasteiger partial charge is 0.379 e. The monoisotopic (exact) mass is 510 g/mol. The molecule has 36 heavy (non-hydrogen) atoms. The zero-order chi connectivity index (χ0) is 25.2. The van der Waals surface area contributed by atoms with Crippen molar-refractivity contribution < 1.29 is 23.5 Å². The van der Waals surface area contributed by atoms with E-state index in [0.717, 1.165) is 6.42 Å². The molecule has 2 aromatic heterocycles. The summed E-state index contributed by atoms with van der Waals surface area (Å²) < 4.78 is 21.7. The lowest BCUT2D eigenvalue weighted by molar-refractivity contribution is -0.142. The number of pyridine rings is 1. The molecule has 1 saturated carbocycles. The first-order chi connectivity index (χ1) is 17.3. The number of aromatic nitrogens is 3. The molecule has 3 aromatic rings. The maximum absolute atomic E-state index is 14.8. The van der Waals surface area contributed by atoms with Crippen molar-refractivity contribution in [2.24, 2.45) is 5.92 Å².